The molecule has 3 rings (SSSR count). The number of hydrogen-bond acceptors (Lipinski definition) is 2. The first-order chi connectivity index (χ1) is 11.0. The summed E-state index contributed by atoms with van der Waals surface area (Å²) in [5, 5.41) is 7.94. The van der Waals surface area contributed by atoms with Crippen LogP contribution in [0.5, 0.6) is 0 Å². The minimum Gasteiger partial charge on any atom is -0.320 e. The van der Waals surface area contributed by atoms with Crippen molar-refractivity contribution in [3.8, 4) is 5.69 Å². The van der Waals surface area contributed by atoms with Gasteiger partial charge in [-0.1, -0.05) is 29.8 Å². The standard InChI is InChI=1S/C18H16ClN3O/c1-12-10-13(2)22(21-12)17-9-4-3-8-16(17)20-18(23)14-6-5-7-15(19)11-14/h3-11H,1-2H3,(H,20,23). The van der Waals surface area contributed by atoms with Crippen LogP contribution in [0.1, 0.15) is 21.7 Å². The van der Waals surface area contributed by atoms with Crippen molar-refractivity contribution in [2.45, 2.75) is 13.8 Å². The summed E-state index contributed by atoms with van der Waals surface area (Å²) < 4.78 is 1.82. The first-order valence-corrected chi connectivity index (χ1v) is 7.62. The zero-order chi connectivity index (χ0) is 16.4. The highest BCUT2D eigenvalue weighted by Gasteiger charge is 2.12. The molecule has 0 radical (unpaired) electrons. The second kappa shape index (κ2) is 6.26. The highest BCUT2D eigenvalue weighted by Crippen LogP contribution is 2.22. The molecule has 0 bridgehead atoms. The van der Waals surface area contributed by atoms with E-state index < -0.39 is 0 Å². The zero-order valence-electron chi connectivity index (χ0n) is 12.9. The Morgan fingerprint density at radius 1 is 1.09 bits per heavy atom. The van der Waals surface area contributed by atoms with Crippen molar-refractivity contribution in [3.63, 3.8) is 0 Å². The topological polar surface area (TPSA) is 46.9 Å². The molecule has 1 heterocycles. The Hall–Kier alpha value is -2.59. The van der Waals surface area contributed by atoms with Crippen molar-refractivity contribution >= 4 is 23.2 Å². The van der Waals surface area contributed by atoms with E-state index in [1.165, 1.54) is 0 Å². The van der Waals surface area contributed by atoms with E-state index in [1.807, 2.05) is 48.9 Å². The van der Waals surface area contributed by atoms with Crippen LogP contribution in [0.3, 0.4) is 0 Å². The number of amides is 1. The number of rotatable bonds is 3. The van der Waals surface area contributed by atoms with E-state index in [0.717, 1.165) is 17.1 Å². The Morgan fingerprint density at radius 2 is 1.87 bits per heavy atom. The van der Waals surface area contributed by atoms with Gasteiger partial charge in [0.2, 0.25) is 0 Å². The number of carbonyl (C=O) groups is 1. The lowest BCUT2D eigenvalue weighted by Gasteiger charge is -2.12. The van der Waals surface area contributed by atoms with Gasteiger partial charge in [0.15, 0.2) is 0 Å². The van der Waals surface area contributed by atoms with Crippen LogP contribution in [0.25, 0.3) is 5.69 Å². The van der Waals surface area contributed by atoms with Crippen molar-refractivity contribution in [1.29, 1.82) is 0 Å². The van der Waals surface area contributed by atoms with Gasteiger partial charge in [0.1, 0.15) is 0 Å². The summed E-state index contributed by atoms with van der Waals surface area (Å²) in [7, 11) is 0. The number of aromatic nitrogens is 2. The highest BCUT2D eigenvalue weighted by atomic mass is 35.5. The van der Waals surface area contributed by atoms with E-state index in [-0.39, 0.29) is 5.91 Å². The molecule has 0 aliphatic carbocycles. The second-order valence-corrected chi connectivity index (χ2v) is 5.76. The molecule has 1 aromatic heterocycles. The normalized spacial score (nSPS) is 10.6. The number of carbonyl (C=O) groups excluding carboxylic acids is 1. The van der Waals surface area contributed by atoms with E-state index in [9.17, 15) is 4.79 Å². The summed E-state index contributed by atoms with van der Waals surface area (Å²) in [4.78, 5) is 12.4. The Labute approximate surface area is 139 Å². The average molecular weight is 326 g/mol. The lowest BCUT2D eigenvalue weighted by atomic mass is 10.2. The molecule has 3 aromatic rings. The van der Waals surface area contributed by atoms with Gasteiger partial charge in [-0.2, -0.15) is 5.10 Å². The molecule has 0 aliphatic rings. The third-order valence-corrected chi connectivity index (χ3v) is 3.71. The van der Waals surface area contributed by atoms with E-state index in [1.54, 1.807) is 24.3 Å². The molecule has 0 unspecified atom stereocenters. The quantitative estimate of drug-likeness (QED) is 0.776. The van der Waals surface area contributed by atoms with Crippen LogP contribution in [-0.2, 0) is 0 Å². The van der Waals surface area contributed by atoms with E-state index in [2.05, 4.69) is 10.4 Å². The second-order valence-electron chi connectivity index (χ2n) is 5.32. The number of nitrogens with one attached hydrogen (secondary N) is 1. The summed E-state index contributed by atoms with van der Waals surface area (Å²) in [6.07, 6.45) is 0. The molecule has 0 fully saturated rings. The molecule has 0 aliphatic heterocycles. The average Bonchev–Trinajstić information content (AvgIpc) is 2.86. The van der Waals surface area contributed by atoms with E-state index in [4.69, 9.17) is 11.6 Å². The van der Waals surface area contributed by atoms with Gasteiger partial charge >= 0.3 is 0 Å². The number of hydrogen-bond donors (Lipinski definition) is 1. The molecule has 1 N–H and O–H groups in total. The van der Waals surface area contributed by atoms with Gasteiger partial charge in [-0.05, 0) is 50.2 Å². The summed E-state index contributed by atoms with van der Waals surface area (Å²) in [6, 6.07) is 16.4. The largest absolute Gasteiger partial charge is 0.320 e. The molecule has 4 nitrogen and oxygen atoms in total. The molecule has 116 valence electrons. The zero-order valence-corrected chi connectivity index (χ0v) is 13.6. The van der Waals surface area contributed by atoms with Gasteiger partial charge < -0.3 is 5.32 Å². The summed E-state index contributed by atoms with van der Waals surface area (Å²) in [5.41, 5.74) is 3.98. The Balaban J connectivity index is 1.95. The Bertz CT molecular complexity index is 870. The Morgan fingerprint density at radius 3 is 2.57 bits per heavy atom. The van der Waals surface area contributed by atoms with Gasteiger partial charge in [0.25, 0.3) is 5.91 Å². The van der Waals surface area contributed by atoms with Gasteiger partial charge in [-0.15, -0.1) is 0 Å². The molecular weight excluding hydrogens is 310 g/mol. The highest BCUT2D eigenvalue weighted by molar-refractivity contribution is 6.31. The van der Waals surface area contributed by atoms with Crippen LogP contribution in [0.2, 0.25) is 5.02 Å². The smallest absolute Gasteiger partial charge is 0.255 e. The molecule has 0 spiro atoms. The van der Waals surface area contributed by atoms with Crippen molar-refractivity contribution < 1.29 is 4.79 Å². The van der Waals surface area contributed by atoms with Gasteiger partial charge in [0, 0.05) is 16.3 Å². The van der Waals surface area contributed by atoms with Crippen molar-refractivity contribution in [1.82, 2.24) is 9.78 Å². The molecule has 5 heteroatoms. The van der Waals surface area contributed by atoms with Gasteiger partial charge in [-0.25, -0.2) is 4.68 Å². The SMILES string of the molecule is Cc1cc(C)n(-c2ccccc2NC(=O)c2cccc(Cl)c2)n1. The van der Waals surface area contributed by atoms with Gasteiger partial charge in [-0.3, -0.25) is 4.79 Å². The van der Waals surface area contributed by atoms with Crippen LogP contribution in [0, 0.1) is 13.8 Å². The third kappa shape index (κ3) is 3.27. The lowest BCUT2D eigenvalue weighted by molar-refractivity contribution is 0.102. The van der Waals surface area contributed by atoms with Crippen LogP contribution in [-0.4, -0.2) is 15.7 Å². The van der Waals surface area contributed by atoms with Crippen LogP contribution in [0.4, 0.5) is 5.69 Å². The molecule has 0 saturated carbocycles. The molecule has 0 atom stereocenters. The van der Waals surface area contributed by atoms with Gasteiger partial charge in [0.05, 0.1) is 17.1 Å². The lowest BCUT2D eigenvalue weighted by Crippen LogP contribution is -2.14. The maximum Gasteiger partial charge on any atom is 0.255 e. The fourth-order valence-electron chi connectivity index (χ4n) is 2.46. The summed E-state index contributed by atoms with van der Waals surface area (Å²) >= 11 is 5.95. The van der Waals surface area contributed by atoms with Crippen molar-refractivity contribution in [3.05, 3.63) is 76.6 Å². The molecule has 0 saturated heterocycles. The fourth-order valence-corrected chi connectivity index (χ4v) is 2.65. The number of halogens is 1. The summed E-state index contributed by atoms with van der Waals surface area (Å²) in [5.74, 6) is -0.207. The predicted molar refractivity (Wildman–Crippen MR) is 92.4 cm³/mol. The molecule has 2 aromatic carbocycles. The minimum absolute atomic E-state index is 0.207. The van der Waals surface area contributed by atoms with Crippen LogP contribution in [0.15, 0.2) is 54.6 Å². The molecule has 23 heavy (non-hydrogen) atoms. The number of aryl methyl sites for hydroxylation is 2. The van der Waals surface area contributed by atoms with E-state index in [0.29, 0.717) is 16.3 Å². The molecular formula is C18H16ClN3O. The summed E-state index contributed by atoms with van der Waals surface area (Å²) in [6.45, 7) is 3.92. The fraction of sp³-hybridized carbons (Fsp3) is 0.111. The third-order valence-electron chi connectivity index (χ3n) is 3.48. The predicted octanol–water partition coefficient (Wildman–Crippen LogP) is 4.39. The first kappa shape index (κ1) is 15.3. The maximum absolute atomic E-state index is 12.4. The number of para-hydroxylation sites is 2. The van der Waals surface area contributed by atoms with Crippen LogP contribution < -0.4 is 5.32 Å². The number of nitrogens with zero attached hydrogens (tertiary/aromatic N) is 2. The Kier molecular flexibility index (Phi) is 4.17. The number of anilines is 1. The minimum atomic E-state index is -0.207. The molecule has 1 amide bonds. The number of benzene rings is 2. The monoisotopic (exact) mass is 325 g/mol. The maximum atomic E-state index is 12.4. The van der Waals surface area contributed by atoms with Crippen molar-refractivity contribution in [2.24, 2.45) is 0 Å². The van der Waals surface area contributed by atoms with Crippen LogP contribution >= 0.6 is 11.6 Å². The van der Waals surface area contributed by atoms with E-state index >= 15 is 0 Å². The van der Waals surface area contributed by atoms with Crippen molar-refractivity contribution in [2.75, 3.05) is 5.32 Å². The first-order valence-electron chi connectivity index (χ1n) is 7.24.